The Hall–Kier alpha value is -0.252. The SMILES string of the molecule is CC(C)(C)C1C=C2C(=C1)[Si](C)(C)O[Si](C)(C)C1=CC(C(C)(C)C)C=C1[Si](C)(C)O[Si]2(C)C. The van der Waals surface area contributed by atoms with Gasteiger partial charge < -0.3 is 8.23 Å². The van der Waals surface area contributed by atoms with Crippen LogP contribution in [0.5, 0.6) is 0 Å². The molecule has 0 bridgehead atoms. The van der Waals surface area contributed by atoms with Gasteiger partial charge in [-0.15, -0.1) is 0 Å². The van der Waals surface area contributed by atoms with E-state index in [1.807, 2.05) is 0 Å². The molecule has 1 saturated heterocycles. The van der Waals surface area contributed by atoms with Crippen LogP contribution in [0.4, 0.5) is 0 Å². The van der Waals surface area contributed by atoms with Crippen molar-refractivity contribution in [2.24, 2.45) is 22.7 Å². The Balaban J connectivity index is 2.24. The van der Waals surface area contributed by atoms with Gasteiger partial charge in [0.05, 0.1) is 0 Å². The molecule has 0 radical (unpaired) electrons. The second-order valence-corrected chi connectivity index (χ2v) is 30.2. The summed E-state index contributed by atoms with van der Waals surface area (Å²) in [6.07, 6.45) is 10.3. The van der Waals surface area contributed by atoms with Crippen LogP contribution in [-0.4, -0.2) is 33.3 Å². The van der Waals surface area contributed by atoms with Crippen LogP contribution in [0.2, 0.25) is 52.4 Å². The lowest BCUT2D eigenvalue weighted by molar-refractivity contribution is 0.346. The van der Waals surface area contributed by atoms with E-state index in [2.05, 4.69) is 118 Å². The minimum Gasteiger partial charge on any atom is -0.449 e. The Bertz CT molecular complexity index is 782. The van der Waals surface area contributed by atoms with Crippen LogP contribution in [0, 0.1) is 22.7 Å². The van der Waals surface area contributed by atoms with Crippen LogP contribution in [0.25, 0.3) is 0 Å². The van der Waals surface area contributed by atoms with Gasteiger partial charge in [0.25, 0.3) is 0 Å². The quantitative estimate of drug-likeness (QED) is 0.310. The highest BCUT2D eigenvalue weighted by atomic mass is 28.4. The van der Waals surface area contributed by atoms with Gasteiger partial charge in [-0.3, -0.25) is 0 Å². The van der Waals surface area contributed by atoms with Crippen molar-refractivity contribution < 1.29 is 8.23 Å². The van der Waals surface area contributed by atoms with Gasteiger partial charge >= 0.3 is 0 Å². The van der Waals surface area contributed by atoms with Gasteiger partial charge in [0.2, 0.25) is 33.3 Å². The zero-order chi connectivity index (χ0) is 24.7. The standard InChI is InChI=1S/C26H48O2Si4/c1-25(2,3)19-15-21-22(16-19)30(9,10)28-32(13,14)24-18-20(26(4,5)6)17-23(24)31(11,12)27-29(21,7)8/h15-20H,1-14H3. The van der Waals surface area contributed by atoms with Crippen molar-refractivity contribution in [2.75, 3.05) is 0 Å². The smallest absolute Gasteiger partial charge is 0.205 e. The summed E-state index contributed by atoms with van der Waals surface area (Å²) in [6, 6.07) is 0. The summed E-state index contributed by atoms with van der Waals surface area (Å²) in [4.78, 5) is 0. The third-order valence-electron chi connectivity index (χ3n) is 7.58. The third kappa shape index (κ3) is 4.78. The van der Waals surface area contributed by atoms with Crippen molar-refractivity contribution in [1.29, 1.82) is 0 Å². The maximum atomic E-state index is 7.39. The largest absolute Gasteiger partial charge is 0.449 e. The molecule has 0 aromatic rings. The first kappa shape index (κ1) is 26.4. The van der Waals surface area contributed by atoms with Crippen LogP contribution in [0.3, 0.4) is 0 Å². The Kier molecular flexibility index (Phi) is 6.28. The lowest BCUT2D eigenvalue weighted by Crippen LogP contribution is -2.56. The fraction of sp³-hybridized carbons (Fsp3) is 0.692. The fourth-order valence-corrected chi connectivity index (χ4v) is 26.6. The minimum atomic E-state index is -2.12. The van der Waals surface area contributed by atoms with Crippen LogP contribution >= 0.6 is 0 Å². The average Bonchev–Trinajstić information content (AvgIpc) is 3.18. The minimum absolute atomic E-state index is 0.212. The predicted molar refractivity (Wildman–Crippen MR) is 150 cm³/mol. The lowest BCUT2D eigenvalue weighted by atomic mass is 9.82. The lowest BCUT2D eigenvalue weighted by Gasteiger charge is -2.45. The molecule has 0 amide bonds. The zero-order valence-corrected chi connectivity index (χ0v) is 27.3. The normalized spacial score (nSPS) is 27.7. The van der Waals surface area contributed by atoms with Crippen molar-refractivity contribution in [3.8, 4) is 0 Å². The summed E-state index contributed by atoms with van der Waals surface area (Å²) in [6.45, 7) is 33.6. The molecule has 0 saturated carbocycles. The molecule has 0 N–H and O–H groups in total. The molecule has 1 heterocycles. The Labute approximate surface area is 202 Å². The molecule has 180 valence electrons. The molecule has 0 unspecified atom stereocenters. The molecule has 6 heteroatoms. The Morgan fingerprint density at radius 1 is 0.469 bits per heavy atom. The molecule has 32 heavy (non-hydrogen) atoms. The first-order chi connectivity index (χ1) is 14.1. The van der Waals surface area contributed by atoms with Crippen molar-refractivity contribution in [3.05, 3.63) is 45.1 Å². The Morgan fingerprint density at radius 3 is 0.812 bits per heavy atom. The average molecular weight is 505 g/mol. The number of rotatable bonds is 0. The van der Waals surface area contributed by atoms with Crippen LogP contribution in [0.1, 0.15) is 41.5 Å². The van der Waals surface area contributed by atoms with Crippen molar-refractivity contribution in [1.82, 2.24) is 0 Å². The van der Waals surface area contributed by atoms with Crippen LogP contribution < -0.4 is 0 Å². The number of hydrogen-bond donors (Lipinski definition) is 0. The molecule has 0 spiro atoms. The van der Waals surface area contributed by atoms with E-state index < -0.39 is 33.3 Å². The summed E-state index contributed by atoms with van der Waals surface area (Å²) < 4.78 is 14.8. The van der Waals surface area contributed by atoms with E-state index in [9.17, 15) is 0 Å². The molecule has 3 aliphatic rings. The second kappa shape index (κ2) is 7.62. The van der Waals surface area contributed by atoms with E-state index in [1.165, 1.54) is 20.8 Å². The highest BCUT2D eigenvalue weighted by Gasteiger charge is 2.53. The number of hydrogen-bond acceptors (Lipinski definition) is 2. The van der Waals surface area contributed by atoms with Gasteiger partial charge in [0, 0.05) is 11.8 Å². The van der Waals surface area contributed by atoms with Crippen LogP contribution in [0.15, 0.2) is 45.1 Å². The Morgan fingerprint density at radius 2 is 0.656 bits per heavy atom. The van der Waals surface area contributed by atoms with Crippen molar-refractivity contribution >= 4 is 33.3 Å². The number of allylic oxidation sites excluding steroid dienone is 8. The van der Waals surface area contributed by atoms with E-state index in [-0.39, 0.29) is 10.8 Å². The van der Waals surface area contributed by atoms with Gasteiger partial charge in [-0.25, -0.2) is 0 Å². The van der Waals surface area contributed by atoms with Gasteiger partial charge in [-0.2, -0.15) is 0 Å². The third-order valence-corrected chi connectivity index (χ3v) is 23.2. The van der Waals surface area contributed by atoms with E-state index in [0.29, 0.717) is 11.8 Å². The van der Waals surface area contributed by atoms with Gasteiger partial charge in [-0.05, 0) is 84.0 Å². The molecule has 2 nitrogen and oxygen atoms in total. The van der Waals surface area contributed by atoms with E-state index >= 15 is 0 Å². The summed E-state index contributed by atoms with van der Waals surface area (Å²) in [7, 11) is -8.48. The summed E-state index contributed by atoms with van der Waals surface area (Å²) in [5.41, 5.74) is 0.424. The molecule has 1 fully saturated rings. The van der Waals surface area contributed by atoms with Gasteiger partial charge in [0.1, 0.15) is 0 Å². The summed E-state index contributed by atoms with van der Waals surface area (Å²) >= 11 is 0. The molecule has 1 aliphatic heterocycles. The summed E-state index contributed by atoms with van der Waals surface area (Å²) in [5.74, 6) is 0.911. The van der Waals surface area contributed by atoms with Crippen LogP contribution in [-0.2, 0) is 8.23 Å². The molecule has 0 atom stereocenters. The topological polar surface area (TPSA) is 18.5 Å². The highest BCUT2D eigenvalue weighted by molar-refractivity contribution is 7.00. The highest BCUT2D eigenvalue weighted by Crippen LogP contribution is 2.49. The second-order valence-electron chi connectivity index (χ2n) is 14.4. The molecule has 2 aliphatic carbocycles. The molecular weight excluding hydrogens is 457 g/mol. The van der Waals surface area contributed by atoms with E-state index in [1.54, 1.807) is 0 Å². The number of fused-ring (bicyclic) bond motifs is 2. The summed E-state index contributed by atoms with van der Waals surface area (Å²) in [5, 5.41) is 6.10. The zero-order valence-electron chi connectivity index (χ0n) is 23.3. The first-order valence-electron chi connectivity index (χ1n) is 12.4. The molecular formula is C26H48O2Si4. The van der Waals surface area contributed by atoms with E-state index in [4.69, 9.17) is 8.23 Å². The molecule has 0 aromatic heterocycles. The van der Waals surface area contributed by atoms with Crippen molar-refractivity contribution in [2.45, 2.75) is 93.9 Å². The molecule has 0 aromatic carbocycles. The first-order valence-corrected chi connectivity index (χ1v) is 24.0. The van der Waals surface area contributed by atoms with Crippen molar-refractivity contribution in [3.63, 3.8) is 0 Å². The fourth-order valence-electron chi connectivity index (χ4n) is 5.77. The maximum absolute atomic E-state index is 7.39. The molecule has 3 rings (SSSR count). The monoisotopic (exact) mass is 504 g/mol. The van der Waals surface area contributed by atoms with Gasteiger partial charge in [-0.1, -0.05) is 65.8 Å². The maximum Gasteiger partial charge on any atom is 0.205 e. The van der Waals surface area contributed by atoms with E-state index in [0.717, 1.165) is 0 Å². The van der Waals surface area contributed by atoms with Gasteiger partial charge in [0.15, 0.2) is 0 Å². The predicted octanol–water partition coefficient (Wildman–Crippen LogP) is 8.07.